The molecule has 4 aromatic rings. The number of aromatic nitrogens is 2. The van der Waals surface area contributed by atoms with Gasteiger partial charge in [0, 0.05) is 11.1 Å². The minimum absolute atomic E-state index is 0.312. The topological polar surface area (TPSA) is 102 Å². The fraction of sp³-hybridized carbons (Fsp3) is 0.182. The Labute approximate surface area is 173 Å². The van der Waals surface area contributed by atoms with Gasteiger partial charge in [0.2, 0.25) is 11.5 Å². The summed E-state index contributed by atoms with van der Waals surface area (Å²) in [5, 5.41) is 0.609. The minimum Gasteiger partial charge on any atom is -0.497 e. The quantitative estimate of drug-likeness (QED) is 0.508. The van der Waals surface area contributed by atoms with E-state index in [1.807, 2.05) is 36.4 Å². The van der Waals surface area contributed by atoms with Crippen LogP contribution < -0.4 is 24.7 Å². The van der Waals surface area contributed by atoms with Gasteiger partial charge in [0.05, 0.1) is 33.8 Å². The molecular weight excluding hydrogens is 386 g/mol. The highest BCUT2D eigenvalue weighted by Crippen LogP contribution is 2.47. The number of methoxy groups -OCH3 is 4. The number of fused-ring (bicyclic) bond motifs is 1. The molecule has 30 heavy (non-hydrogen) atoms. The number of anilines is 1. The number of nitrogens with two attached hydrogens (primary N) is 1. The first-order valence-corrected chi connectivity index (χ1v) is 9.09. The van der Waals surface area contributed by atoms with Crippen LogP contribution in [0, 0.1) is 0 Å². The van der Waals surface area contributed by atoms with Crippen LogP contribution in [-0.2, 0) is 0 Å². The van der Waals surface area contributed by atoms with E-state index in [0.717, 1.165) is 22.4 Å². The van der Waals surface area contributed by atoms with Gasteiger partial charge in [-0.2, -0.15) is 0 Å². The maximum Gasteiger partial charge on any atom is 0.232 e. The Morgan fingerprint density at radius 1 is 0.800 bits per heavy atom. The SMILES string of the molecule is COc1ccc(-c2oc3ncnc(N)c3c2-c2cc(OC)c(OC)c(OC)c2)cc1. The van der Waals surface area contributed by atoms with Gasteiger partial charge in [-0.1, -0.05) is 0 Å². The molecule has 0 aliphatic heterocycles. The Kier molecular flexibility index (Phi) is 5.05. The molecule has 0 spiro atoms. The zero-order valence-corrected chi connectivity index (χ0v) is 17.1. The molecule has 2 heterocycles. The maximum absolute atomic E-state index is 6.21. The summed E-state index contributed by atoms with van der Waals surface area (Å²) in [6.45, 7) is 0. The summed E-state index contributed by atoms with van der Waals surface area (Å²) in [4.78, 5) is 8.40. The summed E-state index contributed by atoms with van der Waals surface area (Å²) in [7, 11) is 6.31. The summed E-state index contributed by atoms with van der Waals surface area (Å²) in [5.41, 5.74) is 8.92. The highest BCUT2D eigenvalue weighted by atomic mass is 16.5. The van der Waals surface area contributed by atoms with Gasteiger partial charge in [-0.25, -0.2) is 9.97 Å². The molecule has 2 aromatic carbocycles. The van der Waals surface area contributed by atoms with Crippen molar-refractivity contribution in [1.82, 2.24) is 9.97 Å². The Morgan fingerprint density at radius 3 is 2.03 bits per heavy atom. The molecule has 4 rings (SSSR count). The van der Waals surface area contributed by atoms with Crippen molar-refractivity contribution in [1.29, 1.82) is 0 Å². The van der Waals surface area contributed by atoms with Crippen molar-refractivity contribution in [3.05, 3.63) is 42.7 Å². The Morgan fingerprint density at radius 2 is 1.47 bits per heavy atom. The van der Waals surface area contributed by atoms with Crippen molar-refractivity contribution in [3.63, 3.8) is 0 Å². The molecule has 0 fully saturated rings. The molecule has 8 heteroatoms. The Balaban J connectivity index is 2.04. The molecule has 8 nitrogen and oxygen atoms in total. The fourth-order valence-corrected chi connectivity index (χ4v) is 3.40. The molecule has 2 aromatic heterocycles. The third kappa shape index (κ3) is 3.12. The van der Waals surface area contributed by atoms with Crippen molar-refractivity contribution in [2.45, 2.75) is 0 Å². The molecular formula is C22H21N3O5. The number of nitrogens with zero attached hydrogens (tertiary/aromatic N) is 2. The average Bonchev–Trinajstić information content (AvgIpc) is 3.19. The standard InChI is InChI=1S/C22H21N3O5/c1-26-14-7-5-12(6-8-14)19-17(18-21(23)24-11-25-22(18)30-19)13-9-15(27-2)20(29-4)16(10-13)28-3/h5-11H,1-4H3,(H2,23,24,25). The van der Waals surface area contributed by atoms with E-state index in [9.17, 15) is 0 Å². The largest absolute Gasteiger partial charge is 0.497 e. The lowest BCUT2D eigenvalue weighted by atomic mass is 9.98. The van der Waals surface area contributed by atoms with E-state index in [-0.39, 0.29) is 0 Å². The first-order valence-electron chi connectivity index (χ1n) is 9.09. The second kappa shape index (κ2) is 7.82. The van der Waals surface area contributed by atoms with Crippen LogP contribution in [0.1, 0.15) is 0 Å². The summed E-state index contributed by atoms with van der Waals surface area (Å²) in [6, 6.07) is 11.2. The van der Waals surface area contributed by atoms with Crippen LogP contribution in [-0.4, -0.2) is 38.4 Å². The van der Waals surface area contributed by atoms with Crippen LogP contribution in [0.2, 0.25) is 0 Å². The normalized spacial score (nSPS) is 10.8. The monoisotopic (exact) mass is 407 g/mol. The average molecular weight is 407 g/mol. The predicted molar refractivity (Wildman–Crippen MR) is 113 cm³/mol. The number of ether oxygens (including phenoxy) is 4. The number of furan rings is 1. The maximum atomic E-state index is 6.21. The van der Waals surface area contributed by atoms with Crippen molar-refractivity contribution in [3.8, 4) is 45.4 Å². The molecule has 154 valence electrons. The number of hydrogen-bond acceptors (Lipinski definition) is 8. The second-order valence-corrected chi connectivity index (χ2v) is 6.39. The zero-order chi connectivity index (χ0) is 21.3. The number of nitrogen functional groups attached to an aromatic ring is 1. The molecule has 0 unspecified atom stereocenters. The van der Waals surface area contributed by atoms with E-state index in [2.05, 4.69) is 9.97 Å². The zero-order valence-electron chi connectivity index (χ0n) is 17.1. The molecule has 0 atom stereocenters. The molecule has 0 amide bonds. The van der Waals surface area contributed by atoms with Gasteiger partial charge in [-0.3, -0.25) is 0 Å². The predicted octanol–water partition coefficient (Wildman–Crippen LogP) is 4.17. The highest BCUT2D eigenvalue weighted by Gasteiger charge is 2.24. The minimum atomic E-state index is 0.312. The third-order valence-corrected chi connectivity index (χ3v) is 4.82. The third-order valence-electron chi connectivity index (χ3n) is 4.82. The van der Waals surface area contributed by atoms with Gasteiger partial charge in [0.1, 0.15) is 23.7 Å². The van der Waals surface area contributed by atoms with Crippen LogP contribution in [0.3, 0.4) is 0 Å². The van der Waals surface area contributed by atoms with Crippen LogP contribution in [0.5, 0.6) is 23.0 Å². The lowest BCUT2D eigenvalue weighted by Crippen LogP contribution is -1.97. The molecule has 0 aliphatic carbocycles. The molecule has 0 radical (unpaired) electrons. The van der Waals surface area contributed by atoms with E-state index in [1.54, 1.807) is 28.4 Å². The number of benzene rings is 2. The van der Waals surface area contributed by atoms with Gasteiger partial charge in [-0.05, 0) is 42.0 Å². The molecule has 0 aliphatic rings. The van der Waals surface area contributed by atoms with Gasteiger partial charge in [-0.15, -0.1) is 0 Å². The summed E-state index contributed by atoms with van der Waals surface area (Å²) in [5.74, 6) is 3.16. The van der Waals surface area contributed by atoms with Crippen LogP contribution >= 0.6 is 0 Å². The van der Waals surface area contributed by atoms with Crippen molar-refractivity contribution in [2.24, 2.45) is 0 Å². The highest BCUT2D eigenvalue weighted by molar-refractivity contribution is 6.05. The molecule has 0 saturated carbocycles. The lowest BCUT2D eigenvalue weighted by molar-refractivity contribution is 0.324. The lowest BCUT2D eigenvalue weighted by Gasteiger charge is -2.14. The van der Waals surface area contributed by atoms with Crippen molar-refractivity contribution in [2.75, 3.05) is 34.2 Å². The Hall–Kier alpha value is -3.94. The van der Waals surface area contributed by atoms with Crippen molar-refractivity contribution < 1.29 is 23.4 Å². The van der Waals surface area contributed by atoms with Gasteiger partial charge >= 0.3 is 0 Å². The molecule has 0 saturated heterocycles. The van der Waals surface area contributed by atoms with E-state index in [1.165, 1.54) is 6.33 Å². The van der Waals surface area contributed by atoms with Gasteiger partial charge in [0.25, 0.3) is 0 Å². The van der Waals surface area contributed by atoms with E-state index in [0.29, 0.717) is 39.9 Å². The van der Waals surface area contributed by atoms with Crippen LogP contribution in [0.25, 0.3) is 33.6 Å². The van der Waals surface area contributed by atoms with Crippen LogP contribution in [0.4, 0.5) is 5.82 Å². The van der Waals surface area contributed by atoms with Gasteiger partial charge in [0.15, 0.2) is 11.5 Å². The second-order valence-electron chi connectivity index (χ2n) is 6.39. The van der Waals surface area contributed by atoms with E-state index in [4.69, 9.17) is 29.1 Å². The fourth-order valence-electron chi connectivity index (χ4n) is 3.40. The molecule has 0 bridgehead atoms. The summed E-state index contributed by atoms with van der Waals surface area (Å²) in [6.07, 6.45) is 1.37. The first-order chi connectivity index (χ1) is 14.6. The summed E-state index contributed by atoms with van der Waals surface area (Å²) >= 11 is 0. The van der Waals surface area contributed by atoms with E-state index >= 15 is 0 Å². The smallest absolute Gasteiger partial charge is 0.232 e. The molecule has 2 N–H and O–H groups in total. The van der Waals surface area contributed by atoms with Gasteiger partial charge < -0.3 is 29.1 Å². The van der Waals surface area contributed by atoms with E-state index < -0.39 is 0 Å². The number of rotatable bonds is 6. The van der Waals surface area contributed by atoms with Crippen molar-refractivity contribution >= 4 is 16.9 Å². The Bertz CT molecular complexity index is 1180. The first kappa shape index (κ1) is 19.4. The summed E-state index contributed by atoms with van der Waals surface area (Å²) < 4.78 is 27.9. The van der Waals surface area contributed by atoms with Crippen LogP contribution in [0.15, 0.2) is 47.1 Å². The number of hydrogen-bond donors (Lipinski definition) is 1.